The summed E-state index contributed by atoms with van der Waals surface area (Å²) in [6.07, 6.45) is 3.21. The van der Waals surface area contributed by atoms with Crippen LogP contribution in [-0.4, -0.2) is 59.8 Å². The van der Waals surface area contributed by atoms with E-state index in [4.69, 9.17) is 4.99 Å². The van der Waals surface area contributed by atoms with E-state index in [1.54, 1.807) is 0 Å². The van der Waals surface area contributed by atoms with Crippen LogP contribution in [0.25, 0.3) is 0 Å². The number of aliphatic hydroxyl groups is 1. The van der Waals surface area contributed by atoms with E-state index in [2.05, 4.69) is 49.7 Å². The van der Waals surface area contributed by atoms with E-state index < -0.39 is 0 Å². The Balaban J connectivity index is 2.66. The maximum absolute atomic E-state index is 9.26. The van der Waals surface area contributed by atoms with Gasteiger partial charge in [-0.2, -0.15) is 11.8 Å². The van der Waals surface area contributed by atoms with Crippen molar-refractivity contribution in [3.63, 3.8) is 0 Å². The summed E-state index contributed by atoms with van der Waals surface area (Å²) in [6, 6.07) is 0. The van der Waals surface area contributed by atoms with Crippen molar-refractivity contribution < 1.29 is 5.11 Å². The normalized spacial score (nSPS) is 21.3. The summed E-state index contributed by atoms with van der Waals surface area (Å²) >= 11 is 2.09. The van der Waals surface area contributed by atoms with Crippen LogP contribution >= 0.6 is 11.8 Å². The number of hydrogen-bond donors (Lipinski definition) is 2. The first-order valence-corrected chi connectivity index (χ1v) is 9.91. The Morgan fingerprint density at radius 3 is 2.77 bits per heavy atom. The molecule has 1 rings (SSSR count). The maximum atomic E-state index is 9.26. The molecule has 1 saturated heterocycles. The van der Waals surface area contributed by atoms with Gasteiger partial charge in [-0.15, -0.1) is 0 Å². The number of rotatable bonds is 8. The molecule has 130 valence electrons. The van der Waals surface area contributed by atoms with Crippen LogP contribution in [0.1, 0.15) is 47.0 Å². The Bertz CT molecular complexity index is 323. The van der Waals surface area contributed by atoms with Crippen molar-refractivity contribution in [1.82, 2.24) is 10.2 Å². The first-order chi connectivity index (χ1) is 10.6. The highest BCUT2D eigenvalue weighted by Crippen LogP contribution is 2.21. The molecule has 0 aliphatic carbocycles. The molecule has 5 heteroatoms. The van der Waals surface area contributed by atoms with Crippen LogP contribution in [0.5, 0.6) is 0 Å². The Labute approximate surface area is 141 Å². The molecule has 1 fully saturated rings. The predicted octanol–water partition coefficient (Wildman–Crippen LogP) is 2.82. The molecule has 0 saturated carbocycles. The molecule has 0 aromatic carbocycles. The molecule has 0 amide bonds. The van der Waals surface area contributed by atoms with Crippen molar-refractivity contribution in [3.05, 3.63) is 0 Å². The van der Waals surface area contributed by atoms with Gasteiger partial charge in [-0.05, 0) is 38.0 Å². The van der Waals surface area contributed by atoms with Crippen LogP contribution in [0, 0.1) is 11.8 Å². The third-order valence-electron chi connectivity index (χ3n) is 4.07. The van der Waals surface area contributed by atoms with Crippen molar-refractivity contribution in [2.75, 3.05) is 38.5 Å². The Kier molecular flexibility index (Phi) is 9.96. The van der Waals surface area contributed by atoms with Crippen LogP contribution in [0.2, 0.25) is 0 Å². The molecule has 1 aliphatic rings. The van der Waals surface area contributed by atoms with E-state index >= 15 is 0 Å². The lowest BCUT2D eigenvalue weighted by Crippen LogP contribution is -2.48. The third-order valence-corrected chi connectivity index (χ3v) is 5.44. The zero-order valence-corrected chi connectivity index (χ0v) is 15.7. The molecule has 0 bridgehead atoms. The predicted molar refractivity (Wildman–Crippen MR) is 98.7 cm³/mol. The number of hydrogen-bond acceptors (Lipinski definition) is 3. The summed E-state index contributed by atoms with van der Waals surface area (Å²) in [5.41, 5.74) is 0. The minimum atomic E-state index is 0.266. The fourth-order valence-electron chi connectivity index (χ4n) is 2.93. The summed E-state index contributed by atoms with van der Waals surface area (Å²) in [4.78, 5) is 7.31. The molecule has 4 nitrogen and oxygen atoms in total. The summed E-state index contributed by atoms with van der Waals surface area (Å²) in [6.45, 7) is 13.1. The average Bonchev–Trinajstić information content (AvgIpc) is 2.51. The highest BCUT2D eigenvalue weighted by Gasteiger charge is 2.21. The summed E-state index contributed by atoms with van der Waals surface area (Å²) < 4.78 is 0. The zero-order valence-electron chi connectivity index (χ0n) is 14.8. The Hall–Kier alpha value is -0.420. The van der Waals surface area contributed by atoms with Crippen molar-refractivity contribution >= 4 is 17.7 Å². The van der Waals surface area contributed by atoms with Crippen LogP contribution in [0.15, 0.2) is 4.99 Å². The van der Waals surface area contributed by atoms with E-state index in [0.29, 0.717) is 11.8 Å². The van der Waals surface area contributed by atoms with Gasteiger partial charge in [0.2, 0.25) is 0 Å². The van der Waals surface area contributed by atoms with Gasteiger partial charge in [0, 0.05) is 43.8 Å². The van der Waals surface area contributed by atoms with Gasteiger partial charge in [0.15, 0.2) is 5.96 Å². The topological polar surface area (TPSA) is 47.9 Å². The lowest BCUT2D eigenvalue weighted by Gasteiger charge is -2.34. The molecule has 2 atom stereocenters. The van der Waals surface area contributed by atoms with E-state index in [9.17, 15) is 5.11 Å². The lowest BCUT2D eigenvalue weighted by molar-refractivity contribution is 0.245. The smallest absolute Gasteiger partial charge is 0.193 e. The summed E-state index contributed by atoms with van der Waals surface area (Å²) in [5.74, 6) is 3.40. The van der Waals surface area contributed by atoms with Gasteiger partial charge in [-0.1, -0.05) is 20.8 Å². The van der Waals surface area contributed by atoms with Gasteiger partial charge in [-0.3, -0.25) is 4.99 Å². The van der Waals surface area contributed by atoms with Crippen LogP contribution in [-0.2, 0) is 0 Å². The molecule has 1 aliphatic heterocycles. The van der Waals surface area contributed by atoms with Crippen molar-refractivity contribution in [1.29, 1.82) is 0 Å². The number of aliphatic hydroxyl groups excluding tert-OH is 1. The van der Waals surface area contributed by atoms with Gasteiger partial charge in [0.05, 0.1) is 0 Å². The van der Waals surface area contributed by atoms with Gasteiger partial charge in [0.25, 0.3) is 0 Å². The van der Waals surface area contributed by atoms with Gasteiger partial charge in [0.1, 0.15) is 0 Å². The minimum absolute atomic E-state index is 0.266. The number of guanidine groups is 1. The second-order valence-electron chi connectivity index (χ2n) is 6.55. The monoisotopic (exact) mass is 329 g/mol. The van der Waals surface area contributed by atoms with Crippen LogP contribution in [0.3, 0.4) is 0 Å². The first kappa shape index (κ1) is 19.6. The summed E-state index contributed by atoms with van der Waals surface area (Å²) in [5, 5.41) is 13.4. The van der Waals surface area contributed by atoms with Crippen molar-refractivity contribution in [2.24, 2.45) is 16.8 Å². The number of nitrogens with zero attached hydrogens (tertiary/aromatic N) is 2. The Morgan fingerprint density at radius 2 is 2.18 bits per heavy atom. The van der Waals surface area contributed by atoms with E-state index in [1.165, 1.54) is 12.2 Å². The van der Waals surface area contributed by atoms with Crippen LogP contribution < -0.4 is 5.32 Å². The largest absolute Gasteiger partial charge is 0.396 e. The Morgan fingerprint density at radius 1 is 1.41 bits per heavy atom. The quantitative estimate of drug-likeness (QED) is 0.531. The van der Waals surface area contributed by atoms with E-state index in [0.717, 1.165) is 50.2 Å². The number of aliphatic imine (C=N–C) groups is 1. The third kappa shape index (κ3) is 7.23. The SMILES string of the molecule is CCNC(=NCC(CCO)CC(C)C)N1CCSC(CC)C1. The molecule has 0 aromatic heterocycles. The molecular weight excluding hydrogens is 294 g/mol. The van der Waals surface area contributed by atoms with Gasteiger partial charge in [-0.25, -0.2) is 0 Å². The highest BCUT2D eigenvalue weighted by molar-refractivity contribution is 8.00. The van der Waals surface area contributed by atoms with Gasteiger partial charge < -0.3 is 15.3 Å². The number of thioether (sulfide) groups is 1. The number of nitrogens with one attached hydrogen (secondary N) is 1. The fourth-order valence-corrected chi connectivity index (χ4v) is 4.11. The fraction of sp³-hybridized carbons (Fsp3) is 0.941. The highest BCUT2D eigenvalue weighted by atomic mass is 32.2. The summed E-state index contributed by atoms with van der Waals surface area (Å²) in [7, 11) is 0. The molecule has 0 spiro atoms. The first-order valence-electron chi connectivity index (χ1n) is 8.86. The second-order valence-corrected chi connectivity index (χ2v) is 7.96. The zero-order chi connectivity index (χ0) is 16.4. The second kappa shape index (κ2) is 11.2. The molecular formula is C17H35N3OS. The molecule has 22 heavy (non-hydrogen) atoms. The molecule has 0 radical (unpaired) electrons. The standard InChI is InChI=1S/C17H35N3OS/c1-5-16-13-20(8-10-22-16)17(18-6-2)19-12-15(7-9-21)11-14(3)4/h14-16,21H,5-13H2,1-4H3,(H,18,19). The minimum Gasteiger partial charge on any atom is -0.396 e. The molecule has 2 unspecified atom stereocenters. The van der Waals surface area contributed by atoms with E-state index in [1.807, 2.05) is 0 Å². The van der Waals surface area contributed by atoms with Crippen molar-refractivity contribution in [2.45, 2.75) is 52.2 Å². The molecule has 0 aromatic rings. The molecule has 2 N–H and O–H groups in total. The van der Waals surface area contributed by atoms with E-state index in [-0.39, 0.29) is 6.61 Å². The molecule has 1 heterocycles. The average molecular weight is 330 g/mol. The van der Waals surface area contributed by atoms with Crippen LogP contribution in [0.4, 0.5) is 0 Å². The van der Waals surface area contributed by atoms with Crippen molar-refractivity contribution in [3.8, 4) is 0 Å². The maximum Gasteiger partial charge on any atom is 0.193 e. The lowest BCUT2D eigenvalue weighted by atomic mass is 9.94. The van der Waals surface area contributed by atoms with Gasteiger partial charge >= 0.3 is 0 Å².